The molecule has 0 aliphatic carbocycles. The molecular weight excluding hydrogens is 192 g/mol. The lowest BCUT2D eigenvalue weighted by molar-refractivity contribution is -0.137. The van der Waals surface area contributed by atoms with Crippen molar-refractivity contribution in [2.75, 3.05) is 0 Å². The molecule has 1 rings (SSSR count). The summed E-state index contributed by atoms with van der Waals surface area (Å²) in [5.41, 5.74) is 2.26. The summed E-state index contributed by atoms with van der Waals surface area (Å²) in [6.07, 6.45) is 3.69. The summed E-state index contributed by atoms with van der Waals surface area (Å²) in [5, 5.41) is 12.9. The minimum Gasteiger partial charge on any atom is -0.481 e. The summed E-state index contributed by atoms with van der Waals surface area (Å²) in [5.74, 6) is -0.337. The Kier molecular flexibility index (Phi) is 3.88. The van der Waals surface area contributed by atoms with Gasteiger partial charge in [-0.25, -0.2) is 0 Å². The van der Waals surface area contributed by atoms with E-state index in [1.54, 1.807) is 4.68 Å². The lowest BCUT2D eigenvalue weighted by Gasteiger charge is -2.03. The molecule has 0 aliphatic heterocycles. The predicted molar refractivity (Wildman–Crippen MR) is 57.9 cm³/mol. The van der Waals surface area contributed by atoms with Gasteiger partial charge in [-0.15, -0.1) is 0 Å². The molecule has 0 amide bonds. The zero-order chi connectivity index (χ0) is 11.4. The van der Waals surface area contributed by atoms with E-state index >= 15 is 0 Å². The first kappa shape index (κ1) is 11.8. The van der Waals surface area contributed by atoms with Crippen molar-refractivity contribution in [3.63, 3.8) is 0 Å². The molecule has 0 bridgehead atoms. The molecule has 0 unspecified atom stereocenters. The maximum Gasteiger partial charge on any atom is 0.303 e. The van der Waals surface area contributed by atoms with Crippen LogP contribution >= 0.6 is 0 Å². The van der Waals surface area contributed by atoms with Crippen molar-refractivity contribution in [1.82, 2.24) is 9.78 Å². The second kappa shape index (κ2) is 4.96. The topological polar surface area (TPSA) is 55.1 Å². The number of nitrogens with zero attached hydrogens (tertiary/aromatic N) is 2. The fourth-order valence-electron chi connectivity index (χ4n) is 1.66. The number of aliphatic carboxylic acids is 1. The summed E-state index contributed by atoms with van der Waals surface area (Å²) in [4.78, 5) is 10.4. The quantitative estimate of drug-likeness (QED) is 0.808. The van der Waals surface area contributed by atoms with Crippen LogP contribution in [0.4, 0.5) is 0 Å². The third-order valence-electron chi connectivity index (χ3n) is 2.32. The molecule has 84 valence electrons. The molecule has 0 atom stereocenters. The number of hydrogen-bond acceptors (Lipinski definition) is 2. The number of rotatable bonds is 5. The summed E-state index contributed by atoms with van der Waals surface area (Å²) in [7, 11) is 1.90. The van der Waals surface area contributed by atoms with Crippen molar-refractivity contribution in [2.24, 2.45) is 7.05 Å². The van der Waals surface area contributed by atoms with E-state index in [9.17, 15) is 4.79 Å². The van der Waals surface area contributed by atoms with Crippen LogP contribution in [0.1, 0.15) is 43.9 Å². The highest BCUT2D eigenvalue weighted by Crippen LogP contribution is 2.18. The van der Waals surface area contributed by atoms with Gasteiger partial charge in [-0.3, -0.25) is 9.48 Å². The zero-order valence-corrected chi connectivity index (χ0v) is 9.53. The van der Waals surface area contributed by atoms with E-state index in [2.05, 4.69) is 18.9 Å². The minimum absolute atomic E-state index is 0.229. The van der Waals surface area contributed by atoms with Crippen LogP contribution in [0, 0.1) is 0 Å². The molecule has 0 aromatic carbocycles. The maximum absolute atomic E-state index is 10.4. The number of hydrogen-bond donors (Lipinski definition) is 1. The van der Waals surface area contributed by atoms with Crippen LogP contribution in [0.2, 0.25) is 0 Å². The van der Waals surface area contributed by atoms with Gasteiger partial charge in [0.25, 0.3) is 0 Å². The first-order valence-corrected chi connectivity index (χ1v) is 5.25. The van der Waals surface area contributed by atoms with Crippen molar-refractivity contribution in [3.05, 3.63) is 17.5 Å². The molecule has 1 aromatic heterocycles. The van der Waals surface area contributed by atoms with Crippen LogP contribution < -0.4 is 0 Å². The van der Waals surface area contributed by atoms with E-state index in [-0.39, 0.29) is 6.42 Å². The third kappa shape index (κ3) is 3.38. The highest BCUT2D eigenvalue weighted by Gasteiger charge is 2.11. The van der Waals surface area contributed by atoms with Gasteiger partial charge in [-0.2, -0.15) is 5.10 Å². The van der Waals surface area contributed by atoms with Crippen molar-refractivity contribution >= 4 is 5.97 Å². The van der Waals surface area contributed by atoms with Gasteiger partial charge >= 0.3 is 5.97 Å². The molecule has 15 heavy (non-hydrogen) atoms. The highest BCUT2D eigenvalue weighted by molar-refractivity contribution is 5.66. The molecule has 4 heteroatoms. The van der Waals surface area contributed by atoms with Gasteiger partial charge in [0.15, 0.2) is 0 Å². The fraction of sp³-hybridized carbons (Fsp3) is 0.636. The Bertz CT molecular complexity index is 342. The summed E-state index contributed by atoms with van der Waals surface area (Å²) < 4.78 is 1.80. The molecule has 0 fully saturated rings. The average molecular weight is 210 g/mol. The lowest BCUT2D eigenvalue weighted by atomic mass is 10.0. The van der Waals surface area contributed by atoms with E-state index in [0.29, 0.717) is 12.3 Å². The predicted octanol–water partition coefficient (Wildman–Crippen LogP) is 1.95. The van der Waals surface area contributed by atoms with E-state index in [0.717, 1.165) is 12.1 Å². The molecule has 0 spiro atoms. The zero-order valence-electron chi connectivity index (χ0n) is 9.53. The van der Waals surface area contributed by atoms with Crippen LogP contribution in [0.25, 0.3) is 0 Å². The Balaban J connectivity index is 2.63. The number of carbonyl (C=O) groups is 1. The van der Waals surface area contributed by atoms with Gasteiger partial charge in [0.1, 0.15) is 0 Å². The number of carboxylic acids is 1. The molecular formula is C11H18N2O2. The molecule has 1 aromatic rings. The van der Waals surface area contributed by atoms with Crippen LogP contribution in [0.15, 0.2) is 6.20 Å². The summed E-state index contributed by atoms with van der Waals surface area (Å²) >= 11 is 0. The van der Waals surface area contributed by atoms with Gasteiger partial charge in [0, 0.05) is 19.7 Å². The van der Waals surface area contributed by atoms with Gasteiger partial charge < -0.3 is 5.11 Å². The SMILES string of the molecule is CC(C)c1nn(C)cc1CCCC(=O)O. The number of carboxylic acid groups (broad SMARTS) is 1. The van der Waals surface area contributed by atoms with Crippen LogP contribution in [0.5, 0.6) is 0 Å². The third-order valence-corrected chi connectivity index (χ3v) is 2.32. The van der Waals surface area contributed by atoms with Gasteiger partial charge in [-0.1, -0.05) is 13.8 Å². The Morgan fingerprint density at radius 2 is 2.27 bits per heavy atom. The Morgan fingerprint density at radius 1 is 1.60 bits per heavy atom. The smallest absolute Gasteiger partial charge is 0.303 e. The molecule has 1 N–H and O–H groups in total. The van der Waals surface area contributed by atoms with Crippen molar-refractivity contribution < 1.29 is 9.90 Å². The summed E-state index contributed by atoms with van der Waals surface area (Å²) in [6.45, 7) is 4.20. The normalized spacial score (nSPS) is 10.9. The Morgan fingerprint density at radius 3 is 2.80 bits per heavy atom. The Labute approximate surface area is 89.9 Å². The summed E-state index contributed by atoms with van der Waals surface area (Å²) in [6, 6.07) is 0. The van der Waals surface area contributed by atoms with Crippen LogP contribution in [-0.2, 0) is 18.3 Å². The van der Waals surface area contributed by atoms with Crippen LogP contribution in [0.3, 0.4) is 0 Å². The molecule has 0 aliphatic rings. The second-order valence-electron chi connectivity index (χ2n) is 4.12. The first-order valence-electron chi connectivity index (χ1n) is 5.25. The second-order valence-corrected chi connectivity index (χ2v) is 4.12. The average Bonchev–Trinajstić information content (AvgIpc) is 2.46. The van der Waals surface area contributed by atoms with Crippen molar-refractivity contribution in [1.29, 1.82) is 0 Å². The van der Waals surface area contributed by atoms with Crippen LogP contribution in [-0.4, -0.2) is 20.9 Å². The minimum atomic E-state index is -0.731. The van der Waals surface area contributed by atoms with E-state index in [1.807, 2.05) is 13.2 Å². The fourth-order valence-corrected chi connectivity index (χ4v) is 1.66. The van der Waals surface area contributed by atoms with Gasteiger partial charge in [0.2, 0.25) is 0 Å². The van der Waals surface area contributed by atoms with Crippen molar-refractivity contribution in [2.45, 2.75) is 39.0 Å². The lowest BCUT2D eigenvalue weighted by Crippen LogP contribution is -1.98. The first-order chi connectivity index (χ1) is 7.00. The maximum atomic E-state index is 10.4. The highest BCUT2D eigenvalue weighted by atomic mass is 16.4. The monoisotopic (exact) mass is 210 g/mol. The van der Waals surface area contributed by atoms with Gasteiger partial charge in [0.05, 0.1) is 5.69 Å². The van der Waals surface area contributed by atoms with E-state index in [4.69, 9.17) is 5.11 Å². The number of aryl methyl sites for hydroxylation is 2. The van der Waals surface area contributed by atoms with E-state index in [1.165, 1.54) is 5.56 Å². The standard InChI is InChI=1S/C11H18N2O2/c1-8(2)11-9(7-13(3)12-11)5-4-6-10(14)15/h7-8H,4-6H2,1-3H3,(H,14,15). The molecule has 0 saturated carbocycles. The van der Waals surface area contributed by atoms with E-state index < -0.39 is 5.97 Å². The largest absolute Gasteiger partial charge is 0.481 e. The van der Waals surface area contributed by atoms with Gasteiger partial charge in [-0.05, 0) is 24.3 Å². The molecule has 4 nitrogen and oxygen atoms in total. The molecule has 0 radical (unpaired) electrons. The molecule has 1 heterocycles. The number of aromatic nitrogens is 2. The van der Waals surface area contributed by atoms with Crippen molar-refractivity contribution in [3.8, 4) is 0 Å². The Hall–Kier alpha value is -1.32. The molecule has 0 saturated heterocycles.